The molecule has 13 nitrogen and oxygen atoms in total. The molecule has 3 aromatic rings. The lowest BCUT2D eigenvalue weighted by Crippen LogP contribution is -2.57. The van der Waals surface area contributed by atoms with Crippen molar-refractivity contribution in [3.63, 3.8) is 0 Å². The van der Waals surface area contributed by atoms with Crippen molar-refractivity contribution in [1.82, 2.24) is 0 Å². The van der Waals surface area contributed by atoms with Gasteiger partial charge in [-0.05, 0) is 67.4 Å². The van der Waals surface area contributed by atoms with E-state index in [1.54, 1.807) is 69.5 Å². The van der Waals surface area contributed by atoms with E-state index in [9.17, 15) is 33.5 Å². The van der Waals surface area contributed by atoms with Gasteiger partial charge in [0.1, 0.15) is 24.6 Å². The summed E-state index contributed by atoms with van der Waals surface area (Å²) in [4.78, 5) is 20.2. The number of methoxy groups -OCH3 is 1. The molecule has 1 saturated heterocycles. The van der Waals surface area contributed by atoms with Gasteiger partial charge in [-0.15, -0.1) is 0 Å². The number of nitro groups is 1. The first-order valence-electron chi connectivity index (χ1n) is 14.2. The Labute approximate surface area is 266 Å². The van der Waals surface area contributed by atoms with Gasteiger partial charge in [0.05, 0.1) is 18.6 Å². The van der Waals surface area contributed by atoms with Gasteiger partial charge in [-0.3, -0.25) is 10.1 Å². The highest BCUT2D eigenvalue weighted by atomic mass is 32.2. The van der Waals surface area contributed by atoms with Gasteiger partial charge in [0.15, 0.2) is 17.6 Å². The second-order valence-corrected chi connectivity index (χ2v) is 12.8. The van der Waals surface area contributed by atoms with Crippen LogP contribution in [0.15, 0.2) is 83.3 Å². The number of aliphatic hydroxyl groups is 2. The van der Waals surface area contributed by atoms with Crippen LogP contribution < -0.4 is 14.2 Å². The van der Waals surface area contributed by atoms with E-state index in [1.807, 2.05) is 0 Å². The van der Waals surface area contributed by atoms with E-state index in [4.69, 9.17) is 23.7 Å². The Bertz CT molecular complexity index is 1680. The van der Waals surface area contributed by atoms with Crippen molar-refractivity contribution >= 4 is 21.9 Å². The molecule has 0 aromatic heterocycles. The molecule has 14 heteroatoms. The highest BCUT2D eigenvalue weighted by molar-refractivity contribution is 7.92. The lowest BCUT2D eigenvalue weighted by Gasteiger charge is -2.28. The van der Waals surface area contributed by atoms with Crippen molar-refractivity contribution in [2.24, 2.45) is 0 Å². The largest absolute Gasteiger partial charge is 0.497 e. The van der Waals surface area contributed by atoms with E-state index >= 15 is 0 Å². The van der Waals surface area contributed by atoms with Gasteiger partial charge in [0.2, 0.25) is 6.29 Å². The maximum atomic E-state index is 13.5. The lowest BCUT2D eigenvalue weighted by atomic mass is 10.1. The van der Waals surface area contributed by atoms with Crippen LogP contribution in [-0.4, -0.2) is 72.7 Å². The molecule has 0 aliphatic carbocycles. The summed E-state index contributed by atoms with van der Waals surface area (Å²) in [5.41, 5.74) is 1.61. The third kappa shape index (κ3) is 6.99. The zero-order valence-electron chi connectivity index (χ0n) is 25.6. The molecule has 0 saturated carbocycles. The maximum Gasteiger partial charge on any atom is 0.348 e. The molecule has 1 unspecified atom stereocenters. The quantitative estimate of drug-likeness (QED) is 0.118. The Balaban J connectivity index is 1.66. The van der Waals surface area contributed by atoms with Gasteiger partial charge < -0.3 is 33.9 Å². The maximum absolute atomic E-state index is 13.5. The molecule has 46 heavy (non-hydrogen) atoms. The third-order valence-electron chi connectivity index (χ3n) is 7.45. The number of hydrogen-bond donors (Lipinski definition) is 2. The van der Waals surface area contributed by atoms with Gasteiger partial charge in [-0.2, -0.15) is 0 Å². The third-order valence-corrected chi connectivity index (χ3v) is 9.81. The first-order valence-corrected chi connectivity index (χ1v) is 15.7. The lowest BCUT2D eigenvalue weighted by molar-refractivity contribution is -0.551. The van der Waals surface area contributed by atoms with E-state index < -0.39 is 50.2 Å². The topological polar surface area (TPSA) is 181 Å². The van der Waals surface area contributed by atoms with Crippen LogP contribution in [0.5, 0.6) is 17.2 Å². The minimum Gasteiger partial charge on any atom is -0.497 e. The predicted molar refractivity (Wildman–Crippen MR) is 164 cm³/mol. The number of aliphatic hydroxyl groups excluding tert-OH is 2. The van der Waals surface area contributed by atoms with Gasteiger partial charge >= 0.3 is 10.8 Å². The number of hydrogen-bond acceptors (Lipinski definition) is 12. The van der Waals surface area contributed by atoms with Crippen molar-refractivity contribution < 1.29 is 52.0 Å². The molecule has 246 valence electrons. The van der Waals surface area contributed by atoms with Gasteiger partial charge in [-0.1, -0.05) is 36.4 Å². The molecule has 0 amide bonds. The number of carbonyl (C=O) groups excluding carboxylic acids is 1. The van der Waals surface area contributed by atoms with Crippen LogP contribution in [0.4, 0.5) is 0 Å². The van der Waals surface area contributed by atoms with Crippen LogP contribution >= 0.6 is 0 Å². The van der Waals surface area contributed by atoms with Crippen molar-refractivity contribution in [2.45, 2.75) is 61.7 Å². The molecule has 1 aliphatic rings. The Morgan fingerprint density at radius 2 is 1.72 bits per heavy atom. The second kappa shape index (κ2) is 14.3. The summed E-state index contributed by atoms with van der Waals surface area (Å²) >= 11 is 0. The monoisotopic (exact) mass is 657 g/mol. The molecule has 1 fully saturated rings. The van der Waals surface area contributed by atoms with Crippen LogP contribution in [0.25, 0.3) is 6.08 Å². The van der Waals surface area contributed by atoms with Crippen molar-refractivity contribution in [2.75, 3.05) is 13.7 Å². The van der Waals surface area contributed by atoms with Crippen molar-refractivity contribution in [1.29, 1.82) is 0 Å². The minimum atomic E-state index is -4.75. The van der Waals surface area contributed by atoms with E-state index in [-0.39, 0.29) is 29.6 Å². The summed E-state index contributed by atoms with van der Waals surface area (Å²) in [5.74, 6) is 0.269. The Hall–Kier alpha value is -4.50. The molecule has 0 radical (unpaired) electrons. The van der Waals surface area contributed by atoms with Crippen LogP contribution in [0, 0.1) is 10.1 Å². The number of ether oxygens (including phenoxy) is 5. The molecule has 2 N–H and O–H groups in total. The Morgan fingerprint density at radius 3 is 2.33 bits per heavy atom. The van der Waals surface area contributed by atoms with E-state index in [1.165, 1.54) is 30.3 Å². The fourth-order valence-electron chi connectivity index (χ4n) is 4.77. The molecule has 5 atom stereocenters. The normalized spacial score (nSPS) is 21.2. The minimum absolute atomic E-state index is 0.00470. The van der Waals surface area contributed by atoms with E-state index in [0.29, 0.717) is 16.9 Å². The zero-order valence-corrected chi connectivity index (χ0v) is 26.4. The first kappa shape index (κ1) is 34.4. The number of nitrogens with zero attached hydrogens (tertiary/aromatic N) is 1. The summed E-state index contributed by atoms with van der Waals surface area (Å²) in [6.07, 6.45) is -6.07. The smallest absolute Gasteiger partial charge is 0.348 e. The molecular formula is C32H35NO12S. The summed E-state index contributed by atoms with van der Waals surface area (Å²) in [7, 11) is -3.21. The molecule has 0 bridgehead atoms. The van der Waals surface area contributed by atoms with Gasteiger partial charge in [-0.25, -0.2) is 13.2 Å². The fourth-order valence-corrected chi connectivity index (χ4v) is 6.46. The van der Waals surface area contributed by atoms with Crippen molar-refractivity contribution in [3.05, 3.63) is 99.6 Å². The number of esters is 1. The van der Waals surface area contributed by atoms with Gasteiger partial charge in [0, 0.05) is 17.4 Å². The van der Waals surface area contributed by atoms with Crippen LogP contribution in [-0.2, 0) is 30.7 Å². The van der Waals surface area contributed by atoms with E-state index in [0.717, 1.165) is 12.5 Å². The number of benzene rings is 3. The number of carbonyl (C=O) groups is 1. The molecule has 1 heterocycles. The summed E-state index contributed by atoms with van der Waals surface area (Å²) in [6, 6.07) is 18.4. The highest BCUT2D eigenvalue weighted by Crippen LogP contribution is 2.40. The SMILES string of the molecule is CCOC(=O)/C(C)=C/c1ccc(O[C@@H]2O[C@H](C(C)([N+](=O)[O-])S(=O)(=O)c3ccccc3)[C@@H](O)[C@H]2O)c(OCc2ccc(OC)cc2)c1. The van der Waals surface area contributed by atoms with Gasteiger partial charge in [0.25, 0.3) is 9.84 Å². The first-order chi connectivity index (χ1) is 21.8. The Kier molecular flexibility index (Phi) is 10.7. The van der Waals surface area contributed by atoms with Crippen LogP contribution in [0.1, 0.15) is 31.9 Å². The Morgan fingerprint density at radius 1 is 1.04 bits per heavy atom. The highest BCUT2D eigenvalue weighted by Gasteiger charge is 2.66. The summed E-state index contributed by atoms with van der Waals surface area (Å²) < 4.78 is 54.8. The molecule has 4 rings (SSSR count). The molecule has 0 spiro atoms. The average molecular weight is 658 g/mol. The predicted octanol–water partition coefficient (Wildman–Crippen LogP) is 3.53. The number of rotatable bonds is 13. The summed E-state index contributed by atoms with van der Waals surface area (Å²) in [6.45, 7) is 4.34. The zero-order chi connectivity index (χ0) is 33.6. The summed E-state index contributed by atoms with van der Waals surface area (Å²) in [5, 5.41) is 34.1. The molecule has 1 aliphatic heterocycles. The van der Waals surface area contributed by atoms with Crippen LogP contribution in [0.3, 0.4) is 0 Å². The standard InChI is InChI=1S/C32H35NO12S/c1-5-42-30(36)20(2)17-22-13-16-25(26(18-22)43-19-21-11-14-23(41-4)15-12-21)44-31-28(35)27(34)29(45-31)32(3,33(37)38)46(39,40)24-9-7-6-8-10-24/h6-18,27-29,31,34-35H,5,19H2,1-4H3/b20-17+/t27-,28+,29-,31+,32?/m0/s1. The van der Waals surface area contributed by atoms with Crippen LogP contribution in [0.2, 0.25) is 0 Å². The van der Waals surface area contributed by atoms with Crippen molar-refractivity contribution in [3.8, 4) is 17.2 Å². The molecular weight excluding hydrogens is 622 g/mol. The fraction of sp³-hybridized carbons (Fsp3) is 0.344. The average Bonchev–Trinajstić information content (AvgIpc) is 3.33. The second-order valence-electron chi connectivity index (χ2n) is 10.5. The molecule has 3 aromatic carbocycles. The number of sulfone groups is 1. The van der Waals surface area contributed by atoms with E-state index in [2.05, 4.69) is 0 Å².